The fraction of sp³-hybridized carbons (Fsp3) is 0.867. The first-order valence-corrected chi connectivity index (χ1v) is 6.96. The van der Waals surface area contributed by atoms with Crippen molar-refractivity contribution in [2.24, 2.45) is 17.8 Å². The van der Waals surface area contributed by atoms with Gasteiger partial charge in [-0.05, 0) is 56.9 Å². The molecule has 1 nitrogen and oxygen atoms in total. The molecule has 2 rings (SSSR count). The number of nitrogens with one attached hydrogen (secondary N) is 1. The summed E-state index contributed by atoms with van der Waals surface area (Å²) in [6.07, 6.45) is 8.46. The van der Waals surface area contributed by atoms with Crippen molar-refractivity contribution in [1.29, 1.82) is 0 Å². The van der Waals surface area contributed by atoms with Crippen LogP contribution in [0.15, 0.2) is 0 Å². The van der Waals surface area contributed by atoms with Crippen molar-refractivity contribution in [1.82, 2.24) is 5.32 Å². The highest BCUT2D eigenvalue weighted by molar-refractivity contribution is 5.00. The summed E-state index contributed by atoms with van der Waals surface area (Å²) in [7, 11) is 0. The van der Waals surface area contributed by atoms with Crippen molar-refractivity contribution in [3.63, 3.8) is 0 Å². The zero-order valence-electron chi connectivity index (χ0n) is 10.8. The Balaban J connectivity index is 1.82. The molecule has 4 unspecified atom stereocenters. The van der Waals surface area contributed by atoms with Crippen LogP contribution in [0, 0.1) is 29.6 Å². The highest BCUT2D eigenvalue weighted by Gasteiger charge is 2.39. The molecule has 2 bridgehead atoms. The van der Waals surface area contributed by atoms with E-state index in [1.54, 1.807) is 0 Å². The average Bonchev–Trinajstić information content (AvgIpc) is 2.88. The molecule has 0 aliphatic heterocycles. The predicted molar refractivity (Wildman–Crippen MR) is 69.1 cm³/mol. The SMILES string of the molecule is CC#CCC(CC1CC2CCC1C2)NCC. The second-order valence-corrected chi connectivity index (χ2v) is 5.56. The summed E-state index contributed by atoms with van der Waals surface area (Å²) < 4.78 is 0. The van der Waals surface area contributed by atoms with Crippen LogP contribution in [0.1, 0.15) is 52.4 Å². The molecule has 2 saturated carbocycles. The number of rotatable bonds is 5. The van der Waals surface area contributed by atoms with E-state index in [0.717, 1.165) is 30.7 Å². The Labute approximate surface area is 100 Å². The number of hydrogen-bond acceptors (Lipinski definition) is 1. The first kappa shape index (κ1) is 12.0. The summed E-state index contributed by atoms with van der Waals surface area (Å²) >= 11 is 0. The minimum atomic E-state index is 0.641. The van der Waals surface area contributed by atoms with Crippen LogP contribution >= 0.6 is 0 Å². The molecule has 0 radical (unpaired) electrons. The first-order chi connectivity index (χ1) is 7.83. The third-order valence-corrected chi connectivity index (χ3v) is 4.49. The van der Waals surface area contributed by atoms with E-state index in [2.05, 4.69) is 24.1 Å². The van der Waals surface area contributed by atoms with Crippen LogP contribution in [0.4, 0.5) is 0 Å². The van der Waals surface area contributed by atoms with Gasteiger partial charge in [0.2, 0.25) is 0 Å². The summed E-state index contributed by atoms with van der Waals surface area (Å²) in [5.74, 6) is 9.40. The van der Waals surface area contributed by atoms with Gasteiger partial charge in [-0.3, -0.25) is 0 Å². The zero-order chi connectivity index (χ0) is 11.4. The van der Waals surface area contributed by atoms with E-state index in [-0.39, 0.29) is 0 Å². The van der Waals surface area contributed by atoms with Gasteiger partial charge >= 0.3 is 0 Å². The topological polar surface area (TPSA) is 12.0 Å². The maximum absolute atomic E-state index is 3.60. The van der Waals surface area contributed by atoms with E-state index in [9.17, 15) is 0 Å². The predicted octanol–water partition coefficient (Wildman–Crippen LogP) is 3.20. The van der Waals surface area contributed by atoms with Gasteiger partial charge in [-0.25, -0.2) is 0 Å². The molecule has 0 aromatic rings. The van der Waals surface area contributed by atoms with Gasteiger partial charge in [0.15, 0.2) is 0 Å². The van der Waals surface area contributed by atoms with Gasteiger partial charge in [-0.1, -0.05) is 13.3 Å². The van der Waals surface area contributed by atoms with E-state index in [1.165, 1.54) is 32.1 Å². The fourth-order valence-electron chi connectivity index (χ4n) is 3.78. The van der Waals surface area contributed by atoms with Crippen LogP contribution in [-0.4, -0.2) is 12.6 Å². The molecule has 2 aliphatic rings. The normalized spacial score (nSPS) is 33.5. The van der Waals surface area contributed by atoms with Crippen LogP contribution in [-0.2, 0) is 0 Å². The monoisotopic (exact) mass is 219 g/mol. The van der Waals surface area contributed by atoms with Crippen molar-refractivity contribution in [3.05, 3.63) is 0 Å². The molecule has 16 heavy (non-hydrogen) atoms. The Bertz CT molecular complexity index is 273. The maximum atomic E-state index is 3.60. The highest BCUT2D eigenvalue weighted by atomic mass is 14.9. The van der Waals surface area contributed by atoms with Crippen molar-refractivity contribution < 1.29 is 0 Å². The summed E-state index contributed by atoms with van der Waals surface area (Å²) in [6.45, 7) is 5.23. The average molecular weight is 219 g/mol. The Hall–Kier alpha value is -0.480. The quantitative estimate of drug-likeness (QED) is 0.700. The van der Waals surface area contributed by atoms with E-state index in [1.807, 2.05) is 6.92 Å². The number of fused-ring (bicyclic) bond motifs is 2. The lowest BCUT2D eigenvalue weighted by atomic mass is 9.83. The Morgan fingerprint density at radius 3 is 2.75 bits per heavy atom. The van der Waals surface area contributed by atoms with Crippen LogP contribution in [0.25, 0.3) is 0 Å². The lowest BCUT2D eigenvalue weighted by Gasteiger charge is -2.26. The van der Waals surface area contributed by atoms with Crippen LogP contribution in [0.3, 0.4) is 0 Å². The number of hydrogen-bond donors (Lipinski definition) is 1. The molecule has 0 aromatic carbocycles. The van der Waals surface area contributed by atoms with E-state index >= 15 is 0 Å². The molecule has 0 saturated heterocycles. The molecule has 90 valence electrons. The van der Waals surface area contributed by atoms with Gasteiger partial charge in [0.25, 0.3) is 0 Å². The Kier molecular flexibility index (Phi) is 4.29. The third-order valence-electron chi connectivity index (χ3n) is 4.49. The summed E-state index contributed by atoms with van der Waals surface area (Å²) in [5.41, 5.74) is 0. The molecular formula is C15H25N. The molecule has 1 N–H and O–H groups in total. The smallest absolute Gasteiger partial charge is 0.0243 e. The molecule has 2 aliphatic carbocycles. The van der Waals surface area contributed by atoms with Gasteiger partial charge in [-0.15, -0.1) is 11.8 Å². The largest absolute Gasteiger partial charge is 0.313 e. The van der Waals surface area contributed by atoms with Crippen LogP contribution in [0.5, 0.6) is 0 Å². The summed E-state index contributed by atoms with van der Waals surface area (Å²) in [4.78, 5) is 0. The molecule has 0 amide bonds. The van der Waals surface area contributed by atoms with Gasteiger partial charge < -0.3 is 5.32 Å². The fourth-order valence-corrected chi connectivity index (χ4v) is 3.78. The molecule has 2 fully saturated rings. The second-order valence-electron chi connectivity index (χ2n) is 5.56. The van der Waals surface area contributed by atoms with Gasteiger partial charge in [0.05, 0.1) is 0 Å². The van der Waals surface area contributed by atoms with Crippen molar-refractivity contribution in [3.8, 4) is 11.8 Å². The molecule has 1 heteroatoms. The Morgan fingerprint density at radius 2 is 2.19 bits per heavy atom. The second kappa shape index (κ2) is 5.73. The molecule has 0 aromatic heterocycles. The van der Waals surface area contributed by atoms with Crippen molar-refractivity contribution in [2.45, 2.75) is 58.4 Å². The first-order valence-electron chi connectivity index (χ1n) is 6.96. The van der Waals surface area contributed by atoms with E-state index in [0.29, 0.717) is 6.04 Å². The summed E-state index contributed by atoms with van der Waals surface area (Å²) in [5, 5.41) is 3.60. The van der Waals surface area contributed by atoms with Gasteiger partial charge in [-0.2, -0.15) is 0 Å². The van der Waals surface area contributed by atoms with Crippen molar-refractivity contribution >= 4 is 0 Å². The molecule has 0 heterocycles. The third kappa shape index (κ3) is 2.80. The molecular weight excluding hydrogens is 194 g/mol. The zero-order valence-corrected chi connectivity index (χ0v) is 10.8. The van der Waals surface area contributed by atoms with E-state index in [4.69, 9.17) is 0 Å². The molecule has 0 spiro atoms. The van der Waals surface area contributed by atoms with Crippen LogP contribution < -0.4 is 5.32 Å². The molecule has 4 atom stereocenters. The lowest BCUT2D eigenvalue weighted by molar-refractivity contribution is 0.280. The standard InChI is InChI=1S/C15H25N/c1-3-5-6-15(16-4-2)11-14-10-12-7-8-13(14)9-12/h12-16H,4,6-11H2,1-2H3. The minimum absolute atomic E-state index is 0.641. The van der Waals surface area contributed by atoms with E-state index < -0.39 is 0 Å². The minimum Gasteiger partial charge on any atom is -0.313 e. The highest BCUT2D eigenvalue weighted by Crippen LogP contribution is 2.49. The lowest BCUT2D eigenvalue weighted by Crippen LogP contribution is -2.32. The van der Waals surface area contributed by atoms with Crippen molar-refractivity contribution in [2.75, 3.05) is 6.54 Å². The van der Waals surface area contributed by atoms with Gasteiger partial charge in [0, 0.05) is 12.5 Å². The van der Waals surface area contributed by atoms with Gasteiger partial charge in [0.1, 0.15) is 0 Å². The maximum Gasteiger partial charge on any atom is 0.0243 e. The summed E-state index contributed by atoms with van der Waals surface area (Å²) in [6, 6.07) is 0.641. The van der Waals surface area contributed by atoms with Crippen LogP contribution in [0.2, 0.25) is 0 Å². The Morgan fingerprint density at radius 1 is 1.31 bits per heavy atom.